The van der Waals surface area contributed by atoms with Gasteiger partial charge in [-0.1, -0.05) is 29.5 Å². The van der Waals surface area contributed by atoms with Gasteiger partial charge >= 0.3 is 0 Å². The Morgan fingerprint density at radius 3 is 2.71 bits per heavy atom. The van der Waals surface area contributed by atoms with Crippen molar-refractivity contribution in [3.05, 3.63) is 29.8 Å². The standard InChI is InChI=1S/C11H15N5S/c1-9-3-5-10(6-4-9)12-7-8-17-11-13-14-15-16(11)2/h3-6,12H,7-8H2,1-2H3. The van der Waals surface area contributed by atoms with Gasteiger partial charge in [0.15, 0.2) is 0 Å². The van der Waals surface area contributed by atoms with Crippen LogP contribution in [0.5, 0.6) is 0 Å². The molecule has 0 fully saturated rings. The van der Waals surface area contributed by atoms with Gasteiger partial charge in [-0.3, -0.25) is 0 Å². The first-order valence-corrected chi connectivity index (χ1v) is 6.40. The van der Waals surface area contributed by atoms with Crippen molar-refractivity contribution in [2.45, 2.75) is 12.1 Å². The summed E-state index contributed by atoms with van der Waals surface area (Å²) in [5.74, 6) is 0.933. The lowest BCUT2D eigenvalue weighted by molar-refractivity contribution is 0.664. The first-order chi connectivity index (χ1) is 8.25. The number of thioether (sulfide) groups is 1. The predicted molar refractivity (Wildman–Crippen MR) is 69.2 cm³/mol. The monoisotopic (exact) mass is 249 g/mol. The van der Waals surface area contributed by atoms with E-state index in [1.165, 1.54) is 5.56 Å². The zero-order chi connectivity index (χ0) is 12.1. The summed E-state index contributed by atoms with van der Waals surface area (Å²) in [5, 5.41) is 15.5. The number of nitrogens with one attached hydrogen (secondary N) is 1. The molecular weight excluding hydrogens is 234 g/mol. The maximum atomic E-state index is 3.91. The van der Waals surface area contributed by atoms with Gasteiger partial charge in [0, 0.05) is 25.0 Å². The molecule has 0 bridgehead atoms. The molecule has 0 atom stereocenters. The Kier molecular flexibility index (Phi) is 3.98. The van der Waals surface area contributed by atoms with Crippen molar-refractivity contribution >= 4 is 17.4 Å². The third-order valence-electron chi connectivity index (χ3n) is 2.30. The van der Waals surface area contributed by atoms with Crippen LogP contribution in [0.25, 0.3) is 0 Å². The topological polar surface area (TPSA) is 55.6 Å². The van der Waals surface area contributed by atoms with Crippen LogP contribution in [-0.4, -0.2) is 32.5 Å². The molecule has 0 spiro atoms. The van der Waals surface area contributed by atoms with E-state index in [0.29, 0.717) is 0 Å². The van der Waals surface area contributed by atoms with Gasteiger partial charge in [-0.2, -0.15) is 0 Å². The zero-order valence-electron chi connectivity index (χ0n) is 9.92. The number of tetrazole rings is 1. The number of aryl methyl sites for hydroxylation is 2. The number of rotatable bonds is 5. The van der Waals surface area contributed by atoms with Gasteiger partial charge in [-0.15, -0.1) is 5.10 Å². The molecule has 17 heavy (non-hydrogen) atoms. The third kappa shape index (κ3) is 3.45. The Bertz CT molecular complexity index is 465. The van der Waals surface area contributed by atoms with Crippen molar-refractivity contribution in [2.75, 3.05) is 17.6 Å². The fourth-order valence-corrected chi connectivity index (χ4v) is 2.06. The molecule has 2 rings (SSSR count). The number of anilines is 1. The summed E-state index contributed by atoms with van der Waals surface area (Å²) in [5.41, 5.74) is 2.42. The lowest BCUT2D eigenvalue weighted by Gasteiger charge is -2.05. The first-order valence-electron chi connectivity index (χ1n) is 5.41. The molecule has 1 aromatic heterocycles. The highest BCUT2D eigenvalue weighted by Crippen LogP contribution is 2.13. The van der Waals surface area contributed by atoms with E-state index >= 15 is 0 Å². The van der Waals surface area contributed by atoms with Crippen LogP contribution in [0.2, 0.25) is 0 Å². The molecule has 0 saturated heterocycles. The summed E-state index contributed by atoms with van der Waals surface area (Å²) in [7, 11) is 1.84. The smallest absolute Gasteiger partial charge is 0.209 e. The van der Waals surface area contributed by atoms with Gasteiger partial charge < -0.3 is 5.32 Å². The summed E-state index contributed by atoms with van der Waals surface area (Å²) in [4.78, 5) is 0. The number of hydrogen-bond acceptors (Lipinski definition) is 5. The highest BCUT2D eigenvalue weighted by atomic mass is 32.2. The van der Waals surface area contributed by atoms with Crippen LogP contribution in [0.15, 0.2) is 29.4 Å². The van der Waals surface area contributed by atoms with Crippen LogP contribution in [0, 0.1) is 6.92 Å². The van der Waals surface area contributed by atoms with Crippen molar-refractivity contribution in [3.8, 4) is 0 Å². The van der Waals surface area contributed by atoms with E-state index < -0.39 is 0 Å². The van der Waals surface area contributed by atoms with E-state index in [-0.39, 0.29) is 0 Å². The molecule has 5 nitrogen and oxygen atoms in total. The Labute approximate surface area is 105 Å². The molecule has 0 aliphatic heterocycles. The van der Waals surface area contributed by atoms with Gasteiger partial charge in [-0.05, 0) is 29.5 Å². The molecule has 0 aliphatic rings. The molecule has 0 saturated carbocycles. The van der Waals surface area contributed by atoms with E-state index in [1.807, 2.05) is 7.05 Å². The van der Waals surface area contributed by atoms with Crippen LogP contribution >= 0.6 is 11.8 Å². The fourth-order valence-electron chi connectivity index (χ4n) is 1.35. The van der Waals surface area contributed by atoms with Crippen LogP contribution in [0.1, 0.15) is 5.56 Å². The second-order valence-electron chi connectivity index (χ2n) is 3.73. The van der Waals surface area contributed by atoms with Crippen molar-refractivity contribution in [1.29, 1.82) is 0 Å². The molecule has 1 N–H and O–H groups in total. The molecule has 6 heteroatoms. The highest BCUT2D eigenvalue weighted by Gasteiger charge is 2.01. The third-order valence-corrected chi connectivity index (χ3v) is 3.31. The second kappa shape index (κ2) is 5.67. The summed E-state index contributed by atoms with van der Waals surface area (Å²) >= 11 is 1.64. The first kappa shape index (κ1) is 11.9. The van der Waals surface area contributed by atoms with Crippen molar-refractivity contribution in [3.63, 3.8) is 0 Å². The van der Waals surface area contributed by atoms with E-state index in [9.17, 15) is 0 Å². The molecule has 2 aromatic rings. The average molecular weight is 249 g/mol. The molecule has 1 aromatic carbocycles. The highest BCUT2D eigenvalue weighted by molar-refractivity contribution is 7.99. The van der Waals surface area contributed by atoms with E-state index in [4.69, 9.17) is 0 Å². The Balaban J connectivity index is 1.73. The predicted octanol–water partition coefficient (Wildman–Crippen LogP) is 1.72. The maximum absolute atomic E-state index is 3.91. The Hall–Kier alpha value is -1.56. The van der Waals surface area contributed by atoms with Crippen molar-refractivity contribution < 1.29 is 0 Å². The number of benzene rings is 1. The molecule has 0 aliphatic carbocycles. The molecule has 0 unspecified atom stereocenters. The average Bonchev–Trinajstić information content (AvgIpc) is 2.73. The lowest BCUT2D eigenvalue weighted by Crippen LogP contribution is -2.05. The fraction of sp³-hybridized carbons (Fsp3) is 0.364. The van der Waals surface area contributed by atoms with Gasteiger partial charge in [0.05, 0.1) is 0 Å². The van der Waals surface area contributed by atoms with E-state index in [2.05, 4.69) is 52.0 Å². The molecular formula is C11H15N5S. The summed E-state index contributed by atoms with van der Waals surface area (Å²) < 4.78 is 1.68. The number of aromatic nitrogens is 4. The summed E-state index contributed by atoms with van der Waals surface area (Å²) in [6.45, 7) is 2.97. The maximum Gasteiger partial charge on any atom is 0.209 e. The van der Waals surface area contributed by atoms with Gasteiger partial charge in [-0.25, -0.2) is 4.68 Å². The minimum atomic E-state index is 0.843. The SMILES string of the molecule is Cc1ccc(NCCSc2nnnn2C)cc1. The quantitative estimate of drug-likeness (QED) is 0.646. The summed E-state index contributed by atoms with van der Waals surface area (Å²) in [6, 6.07) is 8.37. The van der Waals surface area contributed by atoms with Crippen LogP contribution < -0.4 is 5.32 Å². The molecule has 1 heterocycles. The molecule has 90 valence electrons. The molecule has 0 amide bonds. The number of nitrogens with zero attached hydrogens (tertiary/aromatic N) is 4. The zero-order valence-corrected chi connectivity index (χ0v) is 10.7. The van der Waals surface area contributed by atoms with Crippen molar-refractivity contribution in [2.24, 2.45) is 7.05 Å². The van der Waals surface area contributed by atoms with Crippen molar-refractivity contribution in [1.82, 2.24) is 20.2 Å². The van der Waals surface area contributed by atoms with Crippen LogP contribution in [-0.2, 0) is 7.05 Å². The second-order valence-corrected chi connectivity index (χ2v) is 4.79. The minimum absolute atomic E-state index is 0.843. The number of hydrogen-bond donors (Lipinski definition) is 1. The van der Waals surface area contributed by atoms with Gasteiger partial charge in [0.25, 0.3) is 0 Å². The summed E-state index contributed by atoms with van der Waals surface area (Å²) in [6.07, 6.45) is 0. The normalized spacial score (nSPS) is 10.5. The lowest BCUT2D eigenvalue weighted by atomic mass is 10.2. The largest absolute Gasteiger partial charge is 0.384 e. The van der Waals surface area contributed by atoms with E-state index in [1.54, 1.807) is 16.4 Å². The van der Waals surface area contributed by atoms with Gasteiger partial charge in [0.1, 0.15) is 0 Å². The van der Waals surface area contributed by atoms with Crippen LogP contribution in [0.4, 0.5) is 5.69 Å². The van der Waals surface area contributed by atoms with E-state index in [0.717, 1.165) is 23.1 Å². The van der Waals surface area contributed by atoms with Crippen LogP contribution in [0.3, 0.4) is 0 Å². The minimum Gasteiger partial charge on any atom is -0.384 e. The molecule has 0 radical (unpaired) electrons. The van der Waals surface area contributed by atoms with Gasteiger partial charge in [0.2, 0.25) is 5.16 Å². The Morgan fingerprint density at radius 1 is 1.29 bits per heavy atom. The Morgan fingerprint density at radius 2 is 2.06 bits per heavy atom.